The first-order valence-electron chi connectivity index (χ1n) is 11.3. The number of hydrogen-bond acceptors (Lipinski definition) is 4. The summed E-state index contributed by atoms with van der Waals surface area (Å²) in [5, 5.41) is 2.96. The lowest BCUT2D eigenvalue weighted by molar-refractivity contribution is -0.141. The van der Waals surface area contributed by atoms with Crippen molar-refractivity contribution in [2.45, 2.75) is 25.6 Å². The van der Waals surface area contributed by atoms with Crippen molar-refractivity contribution in [1.29, 1.82) is 0 Å². The molecule has 3 aromatic carbocycles. The number of likely N-dealkylation sites (N-methyl/N-ethyl adjacent to an activating group) is 1. The first-order valence-corrected chi connectivity index (χ1v) is 13.2. The fourth-order valence-electron chi connectivity index (χ4n) is 3.64. The van der Waals surface area contributed by atoms with Gasteiger partial charge in [-0.3, -0.25) is 9.59 Å². The van der Waals surface area contributed by atoms with E-state index in [1.54, 1.807) is 0 Å². The SMILES string of the molecule is CN(CC(=O)N(Cc1ccccc1)[C@@H](Cc1ccccc1)C(=O)NCc1ccccc1)S(C)(=O)=O. The summed E-state index contributed by atoms with van der Waals surface area (Å²) in [4.78, 5) is 28.4. The van der Waals surface area contributed by atoms with E-state index in [0.29, 0.717) is 13.0 Å². The Labute approximate surface area is 207 Å². The van der Waals surface area contributed by atoms with E-state index < -0.39 is 22.0 Å². The van der Waals surface area contributed by atoms with E-state index in [-0.39, 0.29) is 19.0 Å². The van der Waals surface area contributed by atoms with Gasteiger partial charge in [0.1, 0.15) is 6.04 Å². The van der Waals surface area contributed by atoms with Gasteiger partial charge in [0.25, 0.3) is 0 Å². The normalized spacial score (nSPS) is 12.2. The quantitative estimate of drug-likeness (QED) is 0.445. The van der Waals surface area contributed by atoms with Gasteiger partial charge < -0.3 is 10.2 Å². The topological polar surface area (TPSA) is 86.8 Å². The van der Waals surface area contributed by atoms with E-state index in [4.69, 9.17) is 0 Å². The molecule has 1 atom stereocenters. The molecule has 184 valence electrons. The lowest BCUT2D eigenvalue weighted by atomic mass is 10.0. The second kappa shape index (κ2) is 12.3. The van der Waals surface area contributed by atoms with E-state index in [0.717, 1.165) is 27.3 Å². The molecule has 0 aliphatic rings. The third-order valence-electron chi connectivity index (χ3n) is 5.70. The predicted octanol–water partition coefficient (Wildman–Crippen LogP) is 2.83. The van der Waals surface area contributed by atoms with Crippen molar-refractivity contribution < 1.29 is 18.0 Å². The highest BCUT2D eigenvalue weighted by molar-refractivity contribution is 7.88. The van der Waals surface area contributed by atoms with E-state index in [9.17, 15) is 18.0 Å². The van der Waals surface area contributed by atoms with Crippen LogP contribution in [0.3, 0.4) is 0 Å². The summed E-state index contributed by atoms with van der Waals surface area (Å²) in [5.74, 6) is -0.749. The molecule has 3 rings (SSSR count). The maximum absolute atomic E-state index is 13.5. The van der Waals surface area contributed by atoms with Gasteiger partial charge in [0.15, 0.2) is 0 Å². The van der Waals surface area contributed by atoms with Gasteiger partial charge in [0.05, 0.1) is 12.8 Å². The van der Waals surface area contributed by atoms with Crippen LogP contribution in [0.4, 0.5) is 0 Å². The molecule has 8 heteroatoms. The molecule has 35 heavy (non-hydrogen) atoms. The Hall–Kier alpha value is -3.49. The van der Waals surface area contributed by atoms with Gasteiger partial charge in [-0.05, 0) is 16.7 Å². The first-order chi connectivity index (χ1) is 16.7. The van der Waals surface area contributed by atoms with Gasteiger partial charge in [-0.1, -0.05) is 91.0 Å². The molecule has 0 aliphatic carbocycles. The molecule has 0 radical (unpaired) electrons. The minimum Gasteiger partial charge on any atom is -0.350 e. The van der Waals surface area contributed by atoms with Gasteiger partial charge in [-0.15, -0.1) is 0 Å². The molecule has 1 N–H and O–H groups in total. The van der Waals surface area contributed by atoms with Crippen LogP contribution < -0.4 is 5.32 Å². The zero-order chi connectivity index (χ0) is 25.3. The van der Waals surface area contributed by atoms with Crippen LogP contribution in [0.25, 0.3) is 0 Å². The number of rotatable bonds is 11. The number of nitrogens with one attached hydrogen (secondary N) is 1. The zero-order valence-electron chi connectivity index (χ0n) is 20.0. The fraction of sp³-hybridized carbons (Fsp3) is 0.259. The standard InChI is InChI=1S/C27H31N3O4S/c1-29(35(2,33)34)21-26(31)30(20-24-16-10-5-11-17-24)25(18-22-12-6-3-7-13-22)27(32)28-19-23-14-8-4-9-15-23/h3-17,25H,18-21H2,1-2H3,(H,28,32)/t25-/m0/s1. The minimum absolute atomic E-state index is 0.174. The summed E-state index contributed by atoms with van der Waals surface area (Å²) in [7, 11) is -2.21. The highest BCUT2D eigenvalue weighted by atomic mass is 32.2. The van der Waals surface area contributed by atoms with Crippen molar-refractivity contribution in [3.63, 3.8) is 0 Å². The van der Waals surface area contributed by atoms with Crippen LogP contribution in [0.2, 0.25) is 0 Å². The minimum atomic E-state index is -3.57. The van der Waals surface area contributed by atoms with E-state index >= 15 is 0 Å². The average molecular weight is 494 g/mol. The number of nitrogens with zero attached hydrogens (tertiary/aromatic N) is 2. The third kappa shape index (κ3) is 8.05. The maximum atomic E-state index is 13.5. The van der Waals surface area contributed by atoms with Crippen LogP contribution in [-0.2, 0) is 39.1 Å². The summed E-state index contributed by atoms with van der Waals surface area (Å²) in [6.07, 6.45) is 1.35. The Balaban J connectivity index is 1.92. The third-order valence-corrected chi connectivity index (χ3v) is 6.96. The van der Waals surface area contributed by atoms with Crippen molar-refractivity contribution >= 4 is 21.8 Å². The van der Waals surface area contributed by atoms with Crippen LogP contribution in [0.1, 0.15) is 16.7 Å². The molecule has 3 aromatic rings. The van der Waals surface area contributed by atoms with Crippen LogP contribution in [0.5, 0.6) is 0 Å². The van der Waals surface area contributed by atoms with E-state index in [1.165, 1.54) is 11.9 Å². The molecule has 0 aromatic heterocycles. The van der Waals surface area contributed by atoms with Gasteiger partial charge >= 0.3 is 0 Å². The molecular formula is C27H31N3O4S. The number of carbonyl (C=O) groups excluding carboxylic acids is 2. The second-order valence-electron chi connectivity index (χ2n) is 8.44. The first kappa shape index (κ1) is 26.1. The van der Waals surface area contributed by atoms with E-state index in [1.807, 2.05) is 91.0 Å². The lowest BCUT2D eigenvalue weighted by Crippen LogP contribution is -2.52. The molecule has 0 saturated carbocycles. The molecule has 0 unspecified atom stereocenters. The number of benzene rings is 3. The summed E-state index contributed by atoms with van der Waals surface area (Å²) < 4.78 is 25.0. The summed E-state index contributed by atoms with van der Waals surface area (Å²) in [6, 6.07) is 27.5. The molecule has 0 bridgehead atoms. The largest absolute Gasteiger partial charge is 0.350 e. The number of sulfonamides is 1. The Bertz CT molecular complexity index is 1200. The number of hydrogen-bond donors (Lipinski definition) is 1. The Morgan fingerprint density at radius 3 is 1.80 bits per heavy atom. The van der Waals surface area contributed by atoms with Gasteiger partial charge in [0, 0.05) is 26.6 Å². The summed E-state index contributed by atoms with van der Waals surface area (Å²) in [6.45, 7) is 0.137. The molecule has 0 heterocycles. The highest BCUT2D eigenvalue weighted by Gasteiger charge is 2.31. The molecule has 7 nitrogen and oxygen atoms in total. The van der Waals surface area contributed by atoms with Crippen LogP contribution in [-0.4, -0.2) is 55.3 Å². The lowest BCUT2D eigenvalue weighted by Gasteiger charge is -2.32. The summed E-state index contributed by atoms with van der Waals surface area (Å²) >= 11 is 0. The second-order valence-corrected chi connectivity index (χ2v) is 10.5. The zero-order valence-corrected chi connectivity index (χ0v) is 20.8. The van der Waals surface area contributed by atoms with Crippen molar-refractivity contribution in [3.05, 3.63) is 108 Å². The Kier molecular flexibility index (Phi) is 9.17. The van der Waals surface area contributed by atoms with Crippen molar-refractivity contribution in [2.24, 2.45) is 0 Å². The Morgan fingerprint density at radius 2 is 1.29 bits per heavy atom. The number of amides is 2. The van der Waals surface area contributed by atoms with Crippen molar-refractivity contribution in [1.82, 2.24) is 14.5 Å². The van der Waals surface area contributed by atoms with Crippen molar-refractivity contribution in [2.75, 3.05) is 19.8 Å². The van der Waals surface area contributed by atoms with Gasteiger partial charge in [-0.25, -0.2) is 8.42 Å². The highest BCUT2D eigenvalue weighted by Crippen LogP contribution is 2.16. The van der Waals surface area contributed by atoms with Crippen LogP contribution in [0.15, 0.2) is 91.0 Å². The summed E-state index contributed by atoms with van der Waals surface area (Å²) in [5.41, 5.74) is 2.68. The number of carbonyl (C=O) groups is 2. The Morgan fingerprint density at radius 1 is 0.800 bits per heavy atom. The fourth-order valence-corrected chi connectivity index (χ4v) is 3.98. The smallest absolute Gasteiger partial charge is 0.243 e. The maximum Gasteiger partial charge on any atom is 0.243 e. The van der Waals surface area contributed by atoms with E-state index in [2.05, 4.69) is 5.32 Å². The monoisotopic (exact) mass is 493 g/mol. The molecule has 0 saturated heterocycles. The van der Waals surface area contributed by atoms with Crippen LogP contribution in [0, 0.1) is 0 Å². The predicted molar refractivity (Wildman–Crippen MR) is 137 cm³/mol. The molecule has 0 aliphatic heterocycles. The van der Waals surface area contributed by atoms with Gasteiger partial charge in [-0.2, -0.15) is 4.31 Å². The van der Waals surface area contributed by atoms with Crippen LogP contribution >= 0.6 is 0 Å². The average Bonchev–Trinajstić information content (AvgIpc) is 2.86. The van der Waals surface area contributed by atoms with Crippen molar-refractivity contribution in [3.8, 4) is 0 Å². The van der Waals surface area contributed by atoms with Gasteiger partial charge in [0.2, 0.25) is 21.8 Å². The molecule has 2 amide bonds. The molecule has 0 spiro atoms. The molecular weight excluding hydrogens is 462 g/mol. The molecule has 0 fully saturated rings.